The quantitative estimate of drug-likeness (QED) is 0.723. The molecule has 0 amide bonds. The van der Waals surface area contributed by atoms with Gasteiger partial charge in [0.2, 0.25) is 0 Å². The summed E-state index contributed by atoms with van der Waals surface area (Å²) in [6, 6.07) is 0. The fourth-order valence-corrected chi connectivity index (χ4v) is 7.13. The monoisotopic (exact) mass is 306 g/mol. The van der Waals surface area contributed by atoms with Gasteiger partial charge < -0.3 is 10.2 Å². The number of carbonyl (C=O) groups is 1. The number of fused-ring (bicyclic) bond motifs is 5. The van der Waals surface area contributed by atoms with Crippen molar-refractivity contribution in [3.8, 4) is 0 Å². The van der Waals surface area contributed by atoms with Gasteiger partial charge in [-0.3, -0.25) is 4.79 Å². The Balaban J connectivity index is 1.69. The van der Waals surface area contributed by atoms with Crippen molar-refractivity contribution in [2.24, 2.45) is 34.5 Å². The summed E-state index contributed by atoms with van der Waals surface area (Å²) in [4.78, 5) is 12.4. The van der Waals surface area contributed by atoms with Crippen LogP contribution in [0.15, 0.2) is 0 Å². The van der Waals surface area contributed by atoms with Crippen LogP contribution in [0.3, 0.4) is 0 Å². The summed E-state index contributed by atoms with van der Waals surface area (Å²) in [6.45, 7) is 4.48. The molecule has 3 heteroatoms. The average molecular weight is 306 g/mol. The van der Waals surface area contributed by atoms with Crippen LogP contribution in [0.2, 0.25) is 0 Å². The minimum atomic E-state index is -0.337. The summed E-state index contributed by atoms with van der Waals surface area (Å²) >= 11 is 0. The third-order valence-corrected chi connectivity index (χ3v) is 8.28. The summed E-state index contributed by atoms with van der Waals surface area (Å²) in [5, 5.41) is 21.0. The molecule has 0 saturated heterocycles. The lowest BCUT2D eigenvalue weighted by Gasteiger charge is -2.61. The van der Waals surface area contributed by atoms with Crippen molar-refractivity contribution in [2.45, 2.75) is 77.4 Å². The Labute approximate surface area is 133 Å². The molecule has 4 rings (SSSR count). The molecule has 0 spiro atoms. The van der Waals surface area contributed by atoms with E-state index in [1.165, 1.54) is 6.42 Å². The van der Waals surface area contributed by atoms with E-state index in [4.69, 9.17) is 0 Å². The number of hydrogen-bond acceptors (Lipinski definition) is 3. The highest BCUT2D eigenvalue weighted by Gasteiger charge is 2.63. The first-order chi connectivity index (χ1) is 10.4. The third-order valence-electron chi connectivity index (χ3n) is 8.28. The number of aliphatic hydroxyl groups is 2. The molecule has 2 N–H and O–H groups in total. The minimum absolute atomic E-state index is 0.145. The first-order valence-electron chi connectivity index (χ1n) is 9.25. The highest BCUT2D eigenvalue weighted by molar-refractivity contribution is 5.87. The molecule has 4 aliphatic carbocycles. The molecule has 0 bridgehead atoms. The number of aliphatic hydroxyl groups excluding tert-OH is 2. The molecular weight excluding hydrogens is 276 g/mol. The normalized spacial score (nSPS) is 57.9. The van der Waals surface area contributed by atoms with Crippen molar-refractivity contribution in [2.75, 3.05) is 0 Å². The molecule has 0 heterocycles. The molecular formula is C19H30O3. The lowest BCUT2D eigenvalue weighted by molar-refractivity contribution is -0.175. The van der Waals surface area contributed by atoms with Gasteiger partial charge >= 0.3 is 0 Å². The first kappa shape index (κ1) is 15.1. The second-order valence-electron chi connectivity index (χ2n) is 9.16. The number of Topliss-reactive ketones (excluding diaryl/α,β-unsaturated/α-hetero) is 1. The Hall–Kier alpha value is -0.410. The molecule has 1 unspecified atom stereocenters. The average Bonchev–Trinajstić information content (AvgIpc) is 2.75. The molecule has 8 atom stereocenters. The molecule has 0 aromatic rings. The van der Waals surface area contributed by atoms with E-state index in [1.54, 1.807) is 0 Å². The second kappa shape index (κ2) is 4.80. The van der Waals surface area contributed by atoms with E-state index < -0.39 is 0 Å². The molecule has 3 nitrogen and oxygen atoms in total. The van der Waals surface area contributed by atoms with Crippen molar-refractivity contribution in [3.63, 3.8) is 0 Å². The molecule has 0 radical (unpaired) electrons. The van der Waals surface area contributed by atoms with Crippen LogP contribution in [0.5, 0.6) is 0 Å². The van der Waals surface area contributed by atoms with Crippen molar-refractivity contribution >= 4 is 5.78 Å². The largest absolute Gasteiger partial charge is 0.393 e. The van der Waals surface area contributed by atoms with Gasteiger partial charge in [-0.15, -0.1) is 0 Å². The van der Waals surface area contributed by atoms with E-state index in [1.807, 2.05) is 0 Å². The molecule has 0 aliphatic heterocycles. The maximum Gasteiger partial charge on any atom is 0.139 e. The highest BCUT2D eigenvalue weighted by Crippen LogP contribution is 2.65. The van der Waals surface area contributed by atoms with Crippen LogP contribution in [-0.4, -0.2) is 28.2 Å². The lowest BCUT2D eigenvalue weighted by Crippen LogP contribution is -2.59. The molecule has 0 aromatic heterocycles. The van der Waals surface area contributed by atoms with E-state index in [0.717, 1.165) is 38.5 Å². The Kier molecular flexibility index (Phi) is 3.30. The van der Waals surface area contributed by atoms with Crippen LogP contribution in [0.25, 0.3) is 0 Å². The van der Waals surface area contributed by atoms with Crippen molar-refractivity contribution in [1.82, 2.24) is 0 Å². The van der Waals surface area contributed by atoms with Crippen LogP contribution in [0, 0.1) is 34.5 Å². The smallest absolute Gasteiger partial charge is 0.139 e. The van der Waals surface area contributed by atoms with E-state index in [2.05, 4.69) is 13.8 Å². The number of rotatable bonds is 0. The van der Waals surface area contributed by atoms with Crippen LogP contribution in [-0.2, 0) is 4.79 Å². The Morgan fingerprint density at radius 2 is 1.86 bits per heavy atom. The predicted octanol–water partition coefficient (Wildman–Crippen LogP) is 2.93. The summed E-state index contributed by atoms with van der Waals surface area (Å²) < 4.78 is 0. The van der Waals surface area contributed by atoms with Gasteiger partial charge in [0.15, 0.2) is 0 Å². The van der Waals surface area contributed by atoms with Gasteiger partial charge in [0.05, 0.1) is 12.2 Å². The fourth-order valence-electron chi connectivity index (χ4n) is 7.13. The summed E-state index contributed by atoms with van der Waals surface area (Å²) in [5.41, 5.74) is -0.105. The number of carbonyl (C=O) groups excluding carboxylic acids is 1. The molecule has 4 saturated carbocycles. The van der Waals surface area contributed by atoms with E-state index in [9.17, 15) is 15.0 Å². The second-order valence-corrected chi connectivity index (χ2v) is 9.16. The Bertz CT molecular complexity index is 489. The Morgan fingerprint density at radius 1 is 1.09 bits per heavy atom. The molecule has 0 aromatic carbocycles. The van der Waals surface area contributed by atoms with Crippen LogP contribution < -0.4 is 0 Å². The zero-order valence-corrected chi connectivity index (χ0v) is 13.9. The maximum absolute atomic E-state index is 12.4. The predicted molar refractivity (Wildman–Crippen MR) is 84.1 cm³/mol. The minimum Gasteiger partial charge on any atom is -0.393 e. The molecule has 22 heavy (non-hydrogen) atoms. The summed E-state index contributed by atoms with van der Waals surface area (Å²) in [5.74, 6) is 2.27. The number of hydrogen-bond donors (Lipinski definition) is 2. The van der Waals surface area contributed by atoms with E-state index >= 15 is 0 Å². The summed E-state index contributed by atoms with van der Waals surface area (Å²) in [6.07, 6.45) is 7.08. The number of ketones is 1. The van der Waals surface area contributed by atoms with Crippen LogP contribution in [0.4, 0.5) is 0 Å². The summed E-state index contributed by atoms with van der Waals surface area (Å²) in [7, 11) is 0. The van der Waals surface area contributed by atoms with E-state index in [0.29, 0.717) is 35.9 Å². The molecule has 4 fully saturated rings. The lowest BCUT2D eigenvalue weighted by atomic mass is 9.44. The highest BCUT2D eigenvalue weighted by atomic mass is 16.3. The van der Waals surface area contributed by atoms with Gasteiger partial charge in [0, 0.05) is 11.8 Å². The maximum atomic E-state index is 12.4. The van der Waals surface area contributed by atoms with Gasteiger partial charge in [-0.1, -0.05) is 13.8 Å². The van der Waals surface area contributed by atoms with Crippen LogP contribution in [0.1, 0.15) is 65.2 Å². The van der Waals surface area contributed by atoms with Gasteiger partial charge in [-0.05, 0) is 74.0 Å². The van der Waals surface area contributed by atoms with Crippen LogP contribution >= 0.6 is 0 Å². The molecule has 4 aliphatic rings. The molecule has 124 valence electrons. The van der Waals surface area contributed by atoms with Crippen molar-refractivity contribution in [1.29, 1.82) is 0 Å². The zero-order valence-electron chi connectivity index (χ0n) is 13.9. The van der Waals surface area contributed by atoms with Gasteiger partial charge in [0.1, 0.15) is 5.78 Å². The third kappa shape index (κ3) is 1.84. The van der Waals surface area contributed by atoms with Crippen molar-refractivity contribution < 1.29 is 15.0 Å². The fraction of sp³-hybridized carbons (Fsp3) is 0.947. The van der Waals surface area contributed by atoms with Gasteiger partial charge in [-0.2, -0.15) is 0 Å². The van der Waals surface area contributed by atoms with E-state index in [-0.39, 0.29) is 23.0 Å². The van der Waals surface area contributed by atoms with Gasteiger partial charge in [0.25, 0.3) is 0 Å². The van der Waals surface area contributed by atoms with Crippen molar-refractivity contribution in [3.05, 3.63) is 0 Å². The van der Waals surface area contributed by atoms with Gasteiger partial charge in [-0.25, -0.2) is 0 Å². The first-order valence-corrected chi connectivity index (χ1v) is 9.25. The Morgan fingerprint density at radius 3 is 2.64 bits per heavy atom. The zero-order chi connectivity index (χ0) is 15.7. The SMILES string of the molecule is C[C@]12C[C@H](O)C3[C@@H](CC[C@H]4C[C@H](O)CC[C@]34C)[C@@H]1CCC2=O. The topological polar surface area (TPSA) is 57.5 Å². The standard InChI is InChI=1S/C19H30O3/c1-18-8-7-12(20)9-11(18)3-4-13-14-5-6-16(22)19(14,2)10-15(21)17(13)18/h11-15,17,20-21H,3-10H2,1-2H3/t11-,12+,13-,14-,15-,17?,18-,19-/m0/s1.